The Balaban J connectivity index is 2.77. The van der Waals surface area contributed by atoms with Crippen LogP contribution in [0, 0.1) is 11.8 Å². The van der Waals surface area contributed by atoms with Gasteiger partial charge in [0.2, 0.25) is 5.91 Å². The largest absolute Gasteiger partial charge is 0.480 e. The fraction of sp³-hybridized carbons (Fsp3) is 0.526. The lowest BCUT2D eigenvalue weighted by Crippen LogP contribution is -2.56. The maximum absolute atomic E-state index is 12.6. The van der Waals surface area contributed by atoms with Gasteiger partial charge in [-0.2, -0.15) is 0 Å². The van der Waals surface area contributed by atoms with Crippen molar-refractivity contribution >= 4 is 41.1 Å². The maximum atomic E-state index is 12.6. The van der Waals surface area contributed by atoms with Crippen LogP contribution in [0.5, 0.6) is 0 Å². The Kier molecular flexibility index (Phi) is 9.55. The lowest BCUT2D eigenvalue weighted by molar-refractivity contribution is -0.143. The molecule has 1 rings (SSSR count). The molecule has 0 saturated heterocycles. The molecule has 28 heavy (non-hydrogen) atoms. The van der Waals surface area contributed by atoms with E-state index < -0.39 is 30.0 Å². The Bertz CT molecular complexity index is 712. The van der Waals surface area contributed by atoms with Gasteiger partial charge in [-0.05, 0) is 29.5 Å². The van der Waals surface area contributed by atoms with Crippen LogP contribution in [-0.4, -0.2) is 35.1 Å². The highest BCUT2D eigenvalue weighted by Gasteiger charge is 2.31. The number of rotatable bonds is 9. The van der Waals surface area contributed by atoms with Crippen LogP contribution in [0.25, 0.3) is 0 Å². The first-order valence-corrected chi connectivity index (χ1v) is 9.83. The Hall–Kier alpha value is -1.99. The number of hydrogen-bond acceptors (Lipinski definition) is 3. The lowest BCUT2D eigenvalue weighted by Gasteiger charge is -2.26. The van der Waals surface area contributed by atoms with Crippen molar-refractivity contribution in [3.8, 4) is 0 Å². The quantitative estimate of drug-likeness (QED) is 0.480. The van der Waals surface area contributed by atoms with Gasteiger partial charge in [0.1, 0.15) is 12.1 Å². The van der Waals surface area contributed by atoms with E-state index in [4.69, 9.17) is 23.2 Å². The summed E-state index contributed by atoms with van der Waals surface area (Å²) in [4.78, 5) is 36.2. The first-order valence-electron chi connectivity index (χ1n) is 9.08. The first-order chi connectivity index (χ1) is 13.1. The number of nitrogens with one attached hydrogen (secondary N) is 3. The maximum Gasteiger partial charge on any atom is 0.326 e. The molecule has 0 aliphatic heterocycles. The summed E-state index contributed by atoms with van der Waals surface area (Å²) in [5, 5.41) is 18.0. The van der Waals surface area contributed by atoms with Gasteiger partial charge in [-0.1, -0.05) is 63.4 Å². The van der Waals surface area contributed by atoms with Crippen LogP contribution in [0.2, 0.25) is 10.0 Å². The van der Waals surface area contributed by atoms with Crippen molar-refractivity contribution in [3.05, 3.63) is 33.8 Å². The highest BCUT2D eigenvalue weighted by Crippen LogP contribution is 2.20. The topological polar surface area (TPSA) is 108 Å². The molecule has 7 nitrogen and oxygen atoms in total. The van der Waals surface area contributed by atoms with Crippen molar-refractivity contribution in [2.45, 2.75) is 52.7 Å². The average molecular weight is 432 g/mol. The second-order valence-electron chi connectivity index (χ2n) is 6.99. The number of urea groups is 1. The van der Waals surface area contributed by atoms with Crippen molar-refractivity contribution in [2.24, 2.45) is 11.8 Å². The summed E-state index contributed by atoms with van der Waals surface area (Å²) in [5.74, 6) is -2.13. The number of aliphatic carboxylic acids is 1. The smallest absolute Gasteiger partial charge is 0.326 e. The standard InChI is InChI=1S/C19H27Cl2N3O4/c1-5-11(4)16(17(25)23-15(10(2)3)18(26)27)24-19(28)22-9-12-6-7-13(20)8-14(12)21/h6-8,10-11,15-16H,5,9H2,1-4H3,(H,23,25)(H,26,27)(H2,22,24,28)/t11-,15-,16-/m0/s1. The van der Waals surface area contributed by atoms with Crippen LogP contribution in [-0.2, 0) is 16.1 Å². The average Bonchev–Trinajstić information content (AvgIpc) is 2.62. The Labute approximate surface area is 175 Å². The first kappa shape index (κ1) is 24.0. The Morgan fingerprint density at radius 1 is 1.07 bits per heavy atom. The normalized spacial score (nSPS) is 14.1. The van der Waals surface area contributed by atoms with E-state index in [1.54, 1.807) is 32.0 Å². The molecule has 156 valence electrons. The molecule has 4 N–H and O–H groups in total. The van der Waals surface area contributed by atoms with Crippen molar-refractivity contribution in [1.29, 1.82) is 0 Å². The zero-order valence-corrected chi connectivity index (χ0v) is 17.9. The second kappa shape index (κ2) is 11.1. The molecule has 0 radical (unpaired) electrons. The molecule has 3 amide bonds. The fourth-order valence-electron chi connectivity index (χ4n) is 2.49. The summed E-state index contributed by atoms with van der Waals surface area (Å²) < 4.78 is 0. The third-order valence-electron chi connectivity index (χ3n) is 4.47. The van der Waals surface area contributed by atoms with Crippen LogP contribution in [0.15, 0.2) is 18.2 Å². The molecule has 1 aromatic rings. The molecule has 0 aliphatic carbocycles. The predicted octanol–water partition coefficient (Wildman–Crippen LogP) is 3.43. The molecule has 0 unspecified atom stereocenters. The van der Waals surface area contributed by atoms with E-state index in [2.05, 4.69) is 16.0 Å². The van der Waals surface area contributed by atoms with E-state index in [0.717, 1.165) is 0 Å². The zero-order chi connectivity index (χ0) is 21.4. The second-order valence-corrected chi connectivity index (χ2v) is 7.84. The molecule has 0 spiro atoms. The highest BCUT2D eigenvalue weighted by atomic mass is 35.5. The minimum Gasteiger partial charge on any atom is -0.480 e. The molecule has 3 atom stereocenters. The van der Waals surface area contributed by atoms with Gasteiger partial charge in [0.15, 0.2) is 0 Å². The summed E-state index contributed by atoms with van der Waals surface area (Å²) in [6.07, 6.45) is 0.626. The number of benzene rings is 1. The number of hydrogen-bond donors (Lipinski definition) is 4. The van der Waals surface area contributed by atoms with Crippen LogP contribution in [0.1, 0.15) is 39.7 Å². The molecular weight excluding hydrogens is 405 g/mol. The number of carboxylic acids is 1. The highest BCUT2D eigenvalue weighted by molar-refractivity contribution is 6.35. The summed E-state index contributed by atoms with van der Waals surface area (Å²) in [6.45, 7) is 7.25. The van der Waals surface area contributed by atoms with Gasteiger partial charge in [-0.15, -0.1) is 0 Å². The molecule has 0 fully saturated rings. The van der Waals surface area contributed by atoms with Crippen molar-refractivity contribution in [1.82, 2.24) is 16.0 Å². The van der Waals surface area contributed by atoms with E-state index in [1.165, 1.54) is 0 Å². The van der Waals surface area contributed by atoms with Gasteiger partial charge < -0.3 is 21.1 Å². The van der Waals surface area contributed by atoms with E-state index in [-0.39, 0.29) is 18.4 Å². The molecule has 0 saturated carbocycles. The molecule has 0 aliphatic rings. The molecule has 1 aromatic carbocycles. The zero-order valence-electron chi connectivity index (χ0n) is 16.4. The van der Waals surface area contributed by atoms with Gasteiger partial charge in [-0.25, -0.2) is 9.59 Å². The Morgan fingerprint density at radius 2 is 1.71 bits per heavy atom. The van der Waals surface area contributed by atoms with Gasteiger partial charge in [0.05, 0.1) is 0 Å². The summed E-state index contributed by atoms with van der Waals surface area (Å²) in [7, 11) is 0. The minimum absolute atomic E-state index is 0.153. The SMILES string of the molecule is CC[C@H](C)[C@H](NC(=O)NCc1ccc(Cl)cc1Cl)C(=O)N[C@H](C(=O)O)C(C)C. The molecular formula is C19H27Cl2N3O4. The van der Waals surface area contributed by atoms with E-state index in [9.17, 15) is 19.5 Å². The number of carbonyl (C=O) groups excluding carboxylic acids is 2. The predicted molar refractivity (Wildman–Crippen MR) is 109 cm³/mol. The molecule has 9 heteroatoms. The van der Waals surface area contributed by atoms with Gasteiger partial charge >= 0.3 is 12.0 Å². The van der Waals surface area contributed by atoms with Crippen LogP contribution in [0.4, 0.5) is 4.79 Å². The summed E-state index contributed by atoms with van der Waals surface area (Å²) in [5.41, 5.74) is 0.677. The van der Waals surface area contributed by atoms with Crippen LogP contribution >= 0.6 is 23.2 Å². The summed E-state index contributed by atoms with van der Waals surface area (Å²) >= 11 is 11.9. The third-order valence-corrected chi connectivity index (χ3v) is 5.05. The molecule has 0 aromatic heterocycles. The molecule has 0 heterocycles. The van der Waals surface area contributed by atoms with Gasteiger partial charge in [0.25, 0.3) is 0 Å². The third kappa shape index (κ3) is 7.20. The van der Waals surface area contributed by atoms with Crippen molar-refractivity contribution in [3.63, 3.8) is 0 Å². The van der Waals surface area contributed by atoms with Gasteiger partial charge in [-0.3, -0.25) is 4.79 Å². The van der Waals surface area contributed by atoms with E-state index >= 15 is 0 Å². The Morgan fingerprint density at radius 3 is 2.21 bits per heavy atom. The monoisotopic (exact) mass is 431 g/mol. The van der Waals surface area contributed by atoms with Crippen molar-refractivity contribution < 1.29 is 19.5 Å². The van der Waals surface area contributed by atoms with Crippen LogP contribution < -0.4 is 16.0 Å². The van der Waals surface area contributed by atoms with Crippen LogP contribution in [0.3, 0.4) is 0 Å². The fourth-order valence-corrected chi connectivity index (χ4v) is 2.97. The van der Waals surface area contributed by atoms with Crippen molar-refractivity contribution in [2.75, 3.05) is 0 Å². The number of carboxylic acid groups (broad SMARTS) is 1. The number of halogens is 2. The lowest BCUT2D eigenvalue weighted by atomic mass is 9.97. The van der Waals surface area contributed by atoms with Gasteiger partial charge in [0, 0.05) is 16.6 Å². The number of carbonyl (C=O) groups is 3. The molecule has 0 bridgehead atoms. The summed E-state index contributed by atoms with van der Waals surface area (Å²) in [6, 6.07) is 2.48. The van der Waals surface area contributed by atoms with E-state index in [0.29, 0.717) is 22.0 Å². The minimum atomic E-state index is -1.12. The van der Waals surface area contributed by atoms with E-state index in [1.807, 2.05) is 13.8 Å². The number of amides is 3.